The smallest absolute Gasteiger partial charge is 0.241 e. The molecule has 34 heavy (non-hydrogen) atoms. The average molecular weight is 505 g/mol. The van der Waals surface area contributed by atoms with E-state index in [9.17, 15) is 18.3 Å². The first kappa shape index (κ1) is 25.5. The van der Waals surface area contributed by atoms with E-state index in [-0.39, 0.29) is 10.6 Å². The van der Waals surface area contributed by atoms with Crippen LogP contribution in [0, 0.1) is 0 Å². The summed E-state index contributed by atoms with van der Waals surface area (Å²) < 4.78 is 38.0. The molecule has 0 spiro atoms. The molecule has 2 N–H and O–H groups in total. The van der Waals surface area contributed by atoms with E-state index >= 15 is 0 Å². The summed E-state index contributed by atoms with van der Waals surface area (Å²) in [4.78, 5) is 14.1. The molecule has 0 aliphatic carbocycles. The number of nitrogens with one attached hydrogen (secondary N) is 1. The van der Waals surface area contributed by atoms with Crippen LogP contribution >= 0.6 is 11.6 Å². The van der Waals surface area contributed by atoms with E-state index in [1.165, 1.54) is 44.4 Å². The van der Waals surface area contributed by atoms with Gasteiger partial charge in [0.15, 0.2) is 11.5 Å². The van der Waals surface area contributed by atoms with Crippen LogP contribution < -0.4 is 19.1 Å². The van der Waals surface area contributed by atoms with Crippen molar-refractivity contribution in [3.63, 3.8) is 0 Å². The van der Waals surface area contributed by atoms with Gasteiger partial charge in [0.2, 0.25) is 15.9 Å². The van der Waals surface area contributed by atoms with Gasteiger partial charge in [-0.3, -0.25) is 4.79 Å². The maximum atomic E-state index is 12.9. The molecule has 0 fully saturated rings. The van der Waals surface area contributed by atoms with Gasteiger partial charge in [-0.05, 0) is 35.9 Å². The van der Waals surface area contributed by atoms with Crippen LogP contribution in [0.2, 0.25) is 5.02 Å². The third-order valence-corrected chi connectivity index (χ3v) is 6.85. The number of carbonyl (C=O) groups excluding carboxylic acids is 1. The van der Waals surface area contributed by atoms with Crippen molar-refractivity contribution in [2.24, 2.45) is 0 Å². The number of rotatable bonds is 9. The highest BCUT2D eigenvalue weighted by Crippen LogP contribution is 2.33. The molecule has 0 saturated heterocycles. The quantitative estimate of drug-likeness (QED) is 0.463. The van der Waals surface area contributed by atoms with Crippen molar-refractivity contribution in [3.05, 3.63) is 82.9 Å². The van der Waals surface area contributed by atoms with Crippen LogP contribution in [0.3, 0.4) is 0 Å². The Kier molecular flexibility index (Phi) is 8.16. The lowest BCUT2D eigenvalue weighted by Crippen LogP contribution is -2.38. The number of hydrogen-bond acceptors (Lipinski definition) is 6. The van der Waals surface area contributed by atoms with Crippen molar-refractivity contribution in [2.75, 3.05) is 32.7 Å². The van der Waals surface area contributed by atoms with Crippen molar-refractivity contribution in [1.82, 2.24) is 4.72 Å². The standard InChI is InChI=1S/C24H25ClN2O6S/c1-27(20-11-9-17(25)13-19(20)24(29)16-7-5-4-6-8-16)23(28)15-26-34(30,31)18-10-12-21(32-2)22(14-18)33-3/h4-14,24,26,29H,15H2,1-3H3. The van der Waals surface area contributed by atoms with Crippen LogP contribution in [-0.2, 0) is 14.8 Å². The number of aliphatic hydroxyl groups excluding tert-OH is 1. The van der Waals surface area contributed by atoms with Gasteiger partial charge < -0.3 is 19.5 Å². The monoisotopic (exact) mass is 504 g/mol. The fraction of sp³-hybridized carbons (Fsp3) is 0.208. The molecule has 3 rings (SSSR count). The maximum absolute atomic E-state index is 12.9. The predicted octanol–water partition coefficient (Wildman–Crippen LogP) is 3.38. The molecule has 0 aromatic heterocycles. The summed E-state index contributed by atoms with van der Waals surface area (Å²) in [6, 6.07) is 17.8. The second kappa shape index (κ2) is 10.9. The summed E-state index contributed by atoms with van der Waals surface area (Å²) >= 11 is 6.14. The molecule has 3 aromatic rings. The molecule has 0 aliphatic heterocycles. The van der Waals surface area contributed by atoms with Gasteiger partial charge >= 0.3 is 0 Å². The Bertz CT molecular complexity index is 1270. The fourth-order valence-corrected chi connectivity index (χ4v) is 4.51. The number of nitrogens with zero attached hydrogens (tertiary/aromatic N) is 1. The summed E-state index contributed by atoms with van der Waals surface area (Å²) in [7, 11) is 0.329. The summed E-state index contributed by atoms with van der Waals surface area (Å²) in [6.45, 7) is -0.503. The lowest BCUT2D eigenvalue weighted by molar-refractivity contribution is -0.117. The Hall–Kier alpha value is -3.11. The summed E-state index contributed by atoms with van der Waals surface area (Å²) in [5.41, 5.74) is 1.44. The minimum absolute atomic E-state index is 0.0766. The highest BCUT2D eigenvalue weighted by molar-refractivity contribution is 7.89. The van der Waals surface area contributed by atoms with Gasteiger partial charge in [-0.1, -0.05) is 41.9 Å². The van der Waals surface area contributed by atoms with E-state index in [1.54, 1.807) is 42.5 Å². The van der Waals surface area contributed by atoms with Crippen LogP contribution in [0.4, 0.5) is 5.69 Å². The molecule has 1 amide bonds. The first-order valence-corrected chi connectivity index (χ1v) is 12.0. The molecule has 0 bridgehead atoms. The highest BCUT2D eigenvalue weighted by atomic mass is 35.5. The predicted molar refractivity (Wildman–Crippen MR) is 130 cm³/mol. The van der Waals surface area contributed by atoms with Crippen LogP contribution in [0.1, 0.15) is 17.2 Å². The fourth-order valence-electron chi connectivity index (χ4n) is 3.34. The van der Waals surface area contributed by atoms with E-state index in [0.29, 0.717) is 27.6 Å². The Morgan fingerprint density at radius 3 is 2.35 bits per heavy atom. The lowest BCUT2D eigenvalue weighted by Gasteiger charge is -2.24. The first-order chi connectivity index (χ1) is 16.2. The zero-order chi connectivity index (χ0) is 24.9. The van der Waals surface area contributed by atoms with E-state index in [4.69, 9.17) is 21.1 Å². The third kappa shape index (κ3) is 5.68. The van der Waals surface area contributed by atoms with Gasteiger partial charge in [0.1, 0.15) is 6.10 Å². The topological polar surface area (TPSA) is 105 Å². The number of carbonyl (C=O) groups is 1. The van der Waals surface area contributed by atoms with Gasteiger partial charge in [0.25, 0.3) is 0 Å². The van der Waals surface area contributed by atoms with Crippen molar-refractivity contribution in [2.45, 2.75) is 11.0 Å². The molecule has 0 saturated carbocycles. The lowest BCUT2D eigenvalue weighted by atomic mass is 9.99. The maximum Gasteiger partial charge on any atom is 0.241 e. The van der Waals surface area contributed by atoms with Crippen molar-refractivity contribution < 1.29 is 27.8 Å². The number of aliphatic hydroxyl groups is 1. The van der Waals surface area contributed by atoms with E-state index in [0.717, 1.165) is 0 Å². The number of amides is 1. The Morgan fingerprint density at radius 2 is 1.71 bits per heavy atom. The number of halogens is 1. The van der Waals surface area contributed by atoms with Crippen molar-refractivity contribution in [3.8, 4) is 11.5 Å². The molecule has 3 aromatic carbocycles. The molecule has 10 heteroatoms. The average Bonchev–Trinajstić information content (AvgIpc) is 2.86. The summed E-state index contributed by atoms with van der Waals surface area (Å²) in [5, 5.41) is 11.3. The zero-order valence-corrected chi connectivity index (χ0v) is 20.4. The molecule has 0 heterocycles. The van der Waals surface area contributed by atoms with Crippen LogP contribution in [0.5, 0.6) is 11.5 Å². The minimum atomic E-state index is -4.01. The summed E-state index contributed by atoms with van der Waals surface area (Å²) in [5.74, 6) is 0.0897. The van der Waals surface area contributed by atoms with Gasteiger partial charge in [-0.2, -0.15) is 0 Å². The number of ether oxygens (including phenoxy) is 2. The normalized spacial score (nSPS) is 12.1. The van der Waals surface area contributed by atoms with E-state index < -0.39 is 28.6 Å². The number of likely N-dealkylation sites (N-methyl/N-ethyl adjacent to an activating group) is 1. The molecule has 180 valence electrons. The SMILES string of the molecule is COc1ccc(S(=O)(=O)NCC(=O)N(C)c2ccc(Cl)cc2C(O)c2ccccc2)cc1OC. The molecule has 0 aliphatic rings. The van der Waals surface area contributed by atoms with Crippen molar-refractivity contribution >= 4 is 33.2 Å². The second-order valence-electron chi connectivity index (χ2n) is 7.31. The van der Waals surface area contributed by atoms with Gasteiger partial charge in [-0.25, -0.2) is 13.1 Å². The minimum Gasteiger partial charge on any atom is -0.493 e. The zero-order valence-electron chi connectivity index (χ0n) is 18.9. The number of anilines is 1. The molecule has 0 radical (unpaired) electrons. The number of benzene rings is 3. The van der Waals surface area contributed by atoms with E-state index in [1.807, 2.05) is 6.07 Å². The molecule has 8 nitrogen and oxygen atoms in total. The second-order valence-corrected chi connectivity index (χ2v) is 9.51. The number of methoxy groups -OCH3 is 2. The largest absolute Gasteiger partial charge is 0.493 e. The molecular weight excluding hydrogens is 480 g/mol. The Balaban J connectivity index is 1.80. The summed E-state index contributed by atoms with van der Waals surface area (Å²) in [6.07, 6.45) is -1.03. The first-order valence-electron chi connectivity index (χ1n) is 10.2. The van der Waals surface area contributed by atoms with Gasteiger partial charge in [0, 0.05) is 29.4 Å². The van der Waals surface area contributed by atoms with Crippen LogP contribution in [-0.4, -0.2) is 47.2 Å². The van der Waals surface area contributed by atoms with Crippen LogP contribution in [0.15, 0.2) is 71.6 Å². The Morgan fingerprint density at radius 1 is 1.03 bits per heavy atom. The number of hydrogen-bond donors (Lipinski definition) is 2. The number of sulfonamides is 1. The van der Waals surface area contributed by atoms with Crippen LogP contribution in [0.25, 0.3) is 0 Å². The molecule has 1 unspecified atom stereocenters. The van der Waals surface area contributed by atoms with Gasteiger partial charge in [0.05, 0.1) is 25.7 Å². The third-order valence-electron chi connectivity index (χ3n) is 5.21. The highest BCUT2D eigenvalue weighted by Gasteiger charge is 2.23. The van der Waals surface area contributed by atoms with Crippen molar-refractivity contribution in [1.29, 1.82) is 0 Å². The van der Waals surface area contributed by atoms with Gasteiger partial charge in [-0.15, -0.1) is 0 Å². The molecule has 1 atom stereocenters. The van der Waals surface area contributed by atoms with E-state index in [2.05, 4.69) is 4.72 Å². The Labute approximate surface area is 203 Å². The molecular formula is C24H25ClN2O6S.